The third-order valence-electron chi connectivity index (χ3n) is 4.62. The number of carbonyl (C=O) groups excluding carboxylic acids is 1. The third kappa shape index (κ3) is 3.64. The van der Waals surface area contributed by atoms with Crippen LogP contribution in [0.15, 0.2) is 48.5 Å². The average Bonchev–Trinajstić information content (AvgIpc) is 3.25. The lowest BCUT2D eigenvalue weighted by molar-refractivity contribution is 0.102. The molecule has 28 heavy (non-hydrogen) atoms. The highest BCUT2D eigenvalue weighted by Gasteiger charge is 2.25. The van der Waals surface area contributed by atoms with Crippen molar-refractivity contribution in [2.24, 2.45) is 0 Å². The number of nitrogens with one attached hydrogen (secondary N) is 1. The number of ether oxygens (including phenoxy) is 1. The van der Waals surface area contributed by atoms with Crippen LogP contribution in [0.5, 0.6) is 5.75 Å². The van der Waals surface area contributed by atoms with Gasteiger partial charge in [-0.05, 0) is 56.7 Å². The zero-order valence-corrected chi connectivity index (χ0v) is 17.0. The zero-order chi connectivity index (χ0) is 19.7. The van der Waals surface area contributed by atoms with Gasteiger partial charge in [-0.25, -0.2) is 4.68 Å². The van der Waals surface area contributed by atoms with Crippen LogP contribution in [0.1, 0.15) is 41.0 Å². The van der Waals surface area contributed by atoms with Crippen molar-refractivity contribution in [2.45, 2.75) is 38.4 Å². The van der Waals surface area contributed by atoms with Crippen molar-refractivity contribution in [1.82, 2.24) is 9.78 Å². The fraction of sp³-hybridized carbons (Fsp3) is 0.273. The molecule has 0 bridgehead atoms. The van der Waals surface area contributed by atoms with Gasteiger partial charge in [0.15, 0.2) is 0 Å². The van der Waals surface area contributed by atoms with Gasteiger partial charge in [-0.2, -0.15) is 16.9 Å². The highest BCUT2D eigenvalue weighted by atomic mass is 32.2. The van der Waals surface area contributed by atoms with E-state index in [9.17, 15) is 4.79 Å². The molecule has 0 saturated carbocycles. The number of amides is 1. The summed E-state index contributed by atoms with van der Waals surface area (Å²) in [4.78, 5) is 12.9. The van der Waals surface area contributed by atoms with E-state index in [1.54, 1.807) is 12.1 Å². The molecule has 0 atom stereocenters. The minimum absolute atomic E-state index is 0.100. The summed E-state index contributed by atoms with van der Waals surface area (Å²) in [7, 11) is 0. The Labute approximate surface area is 169 Å². The fourth-order valence-corrected chi connectivity index (χ4v) is 4.29. The van der Waals surface area contributed by atoms with Gasteiger partial charge in [0.05, 0.1) is 17.5 Å². The summed E-state index contributed by atoms with van der Waals surface area (Å²) < 4.78 is 7.53. The Morgan fingerprint density at radius 2 is 1.89 bits per heavy atom. The molecule has 1 amide bonds. The van der Waals surface area contributed by atoms with E-state index in [1.807, 2.05) is 60.6 Å². The fourth-order valence-electron chi connectivity index (χ4n) is 3.25. The van der Waals surface area contributed by atoms with Crippen molar-refractivity contribution in [3.63, 3.8) is 0 Å². The summed E-state index contributed by atoms with van der Waals surface area (Å²) in [6.45, 7) is 6.01. The second-order valence-corrected chi connectivity index (χ2v) is 8.10. The predicted molar refractivity (Wildman–Crippen MR) is 113 cm³/mol. The second kappa shape index (κ2) is 7.72. The first kappa shape index (κ1) is 18.6. The molecular weight excluding hydrogens is 370 g/mol. The number of para-hydroxylation sites is 1. The van der Waals surface area contributed by atoms with Crippen LogP contribution in [0.3, 0.4) is 0 Å². The van der Waals surface area contributed by atoms with Crippen molar-refractivity contribution in [3.8, 4) is 11.4 Å². The molecule has 0 spiro atoms. The molecule has 3 aromatic rings. The normalized spacial score (nSPS) is 12.9. The molecule has 1 aliphatic rings. The van der Waals surface area contributed by atoms with E-state index in [0.717, 1.165) is 45.6 Å². The van der Waals surface area contributed by atoms with Crippen LogP contribution in [0.2, 0.25) is 0 Å². The summed E-state index contributed by atoms with van der Waals surface area (Å²) >= 11 is 1.82. The Morgan fingerprint density at radius 1 is 1.14 bits per heavy atom. The molecule has 0 unspecified atom stereocenters. The van der Waals surface area contributed by atoms with Crippen LogP contribution >= 0.6 is 11.8 Å². The smallest absolute Gasteiger partial charge is 0.256 e. The number of aromatic nitrogens is 2. The Hall–Kier alpha value is -2.73. The number of benzene rings is 2. The summed E-state index contributed by atoms with van der Waals surface area (Å²) in [6.07, 6.45) is 0.100. The SMILES string of the molecule is Cc1ccccc1-n1nc2c(c1NC(=O)c1ccc(OC(C)C)cc1)CSC2. The number of anilines is 1. The van der Waals surface area contributed by atoms with Crippen molar-refractivity contribution in [3.05, 3.63) is 70.9 Å². The number of hydrogen-bond donors (Lipinski definition) is 1. The minimum atomic E-state index is -0.148. The van der Waals surface area contributed by atoms with Crippen molar-refractivity contribution in [2.75, 3.05) is 5.32 Å². The Balaban J connectivity index is 1.64. The number of fused-ring (bicyclic) bond motifs is 1. The maximum atomic E-state index is 12.9. The summed E-state index contributed by atoms with van der Waals surface area (Å²) in [5, 5.41) is 7.88. The topological polar surface area (TPSA) is 56.2 Å². The first-order valence-electron chi connectivity index (χ1n) is 9.35. The van der Waals surface area contributed by atoms with Crippen LogP contribution in [0.25, 0.3) is 5.69 Å². The van der Waals surface area contributed by atoms with Gasteiger partial charge in [-0.3, -0.25) is 4.79 Å². The maximum Gasteiger partial charge on any atom is 0.256 e. The molecule has 1 N–H and O–H groups in total. The molecule has 6 heteroatoms. The quantitative estimate of drug-likeness (QED) is 0.665. The molecule has 0 radical (unpaired) electrons. The standard InChI is InChI=1S/C22H23N3O2S/c1-14(2)27-17-10-8-16(9-11-17)22(26)23-21-18-12-28-13-19(18)24-25(21)20-7-5-4-6-15(20)3/h4-11,14H,12-13H2,1-3H3,(H,23,26). The van der Waals surface area contributed by atoms with E-state index in [4.69, 9.17) is 9.84 Å². The molecule has 2 aromatic carbocycles. The van der Waals surface area contributed by atoms with Gasteiger partial charge in [0.1, 0.15) is 11.6 Å². The molecule has 2 heterocycles. The van der Waals surface area contributed by atoms with E-state index in [1.165, 1.54) is 0 Å². The molecule has 4 rings (SSSR count). The van der Waals surface area contributed by atoms with Gasteiger partial charge in [-0.1, -0.05) is 18.2 Å². The first-order valence-corrected chi connectivity index (χ1v) is 10.5. The number of rotatable bonds is 5. The van der Waals surface area contributed by atoms with Gasteiger partial charge >= 0.3 is 0 Å². The number of carbonyl (C=O) groups is 1. The molecule has 0 fully saturated rings. The summed E-state index contributed by atoms with van der Waals surface area (Å²) in [5.41, 5.74) is 4.85. The largest absolute Gasteiger partial charge is 0.491 e. The van der Waals surface area contributed by atoms with Crippen LogP contribution in [0.4, 0.5) is 5.82 Å². The van der Waals surface area contributed by atoms with Gasteiger partial charge in [0.2, 0.25) is 0 Å². The number of hydrogen-bond acceptors (Lipinski definition) is 4. The molecule has 5 nitrogen and oxygen atoms in total. The van der Waals surface area contributed by atoms with Gasteiger partial charge in [0.25, 0.3) is 5.91 Å². The molecule has 0 aliphatic carbocycles. The highest BCUT2D eigenvalue weighted by molar-refractivity contribution is 7.98. The average molecular weight is 394 g/mol. The molecule has 0 saturated heterocycles. The third-order valence-corrected chi connectivity index (χ3v) is 5.59. The van der Waals surface area contributed by atoms with Crippen molar-refractivity contribution < 1.29 is 9.53 Å². The maximum absolute atomic E-state index is 12.9. The summed E-state index contributed by atoms with van der Waals surface area (Å²) in [6, 6.07) is 15.3. The van der Waals surface area contributed by atoms with Crippen LogP contribution in [-0.2, 0) is 11.5 Å². The van der Waals surface area contributed by atoms with E-state index in [0.29, 0.717) is 5.56 Å². The van der Waals surface area contributed by atoms with Crippen molar-refractivity contribution in [1.29, 1.82) is 0 Å². The van der Waals surface area contributed by atoms with E-state index < -0.39 is 0 Å². The van der Waals surface area contributed by atoms with Crippen LogP contribution in [-0.4, -0.2) is 21.8 Å². The van der Waals surface area contributed by atoms with Crippen LogP contribution < -0.4 is 10.1 Å². The lowest BCUT2D eigenvalue weighted by atomic mass is 10.2. The minimum Gasteiger partial charge on any atom is -0.491 e. The van der Waals surface area contributed by atoms with Crippen LogP contribution in [0, 0.1) is 6.92 Å². The van der Waals surface area contributed by atoms with Crippen molar-refractivity contribution >= 4 is 23.5 Å². The predicted octanol–water partition coefficient (Wildman–Crippen LogP) is 4.97. The first-order chi connectivity index (χ1) is 13.5. The number of aryl methyl sites for hydroxylation is 1. The Kier molecular flexibility index (Phi) is 5.13. The van der Waals surface area contributed by atoms with Gasteiger partial charge < -0.3 is 10.1 Å². The molecule has 1 aliphatic heterocycles. The number of thioether (sulfide) groups is 1. The Morgan fingerprint density at radius 3 is 2.61 bits per heavy atom. The Bertz CT molecular complexity index is 1010. The monoisotopic (exact) mass is 393 g/mol. The van der Waals surface area contributed by atoms with Gasteiger partial charge in [0, 0.05) is 22.6 Å². The molecular formula is C22H23N3O2S. The second-order valence-electron chi connectivity index (χ2n) is 7.11. The van der Waals surface area contributed by atoms with E-state index >= 15 is 0 Å². The molecule has 144 valence electrons. The summed E-state index contributed by atoms with van der Waals surface area (Å²) in [5.74, 6) is 3.11. The number of nitrogens with zero attached hydrogens (tertiary/aromatic N) is 2. The lowest BCUT2D eigenvalue weighted by Crippen LogP contribution is -2.16. The van der Waals surface area contributed by atoms with E-state index in [2.05, 4.69) is 18.3 Å². The van der Waals surface area contributed by atoms with E-state index in [-0.39, 0.29) is 12.0 Å². The van der Waals surface area contributed by atoms with Gasteiger partial charge in [-0.15, -0.1) is 0 Å². The highest BCUT2D eigenvalue weighted by Crippen LogP contribution is 2.36. The zero-order valence-electron chi connectivity index (χ0n) is 16.2. The molecule has 1 aromatic heterocycles. The lowest BCUT2D eigenvalue weighted by Gasteiger charge is -2.13.